The van der Waals surface area contributed by atoms with E-state index in [9.17, 15) is 36.2 Å². The van der Waals surface area contributed by atoms with Crippen LogP contribution in [0.4, 0.5) is 26.3 Å². The van der Waals surface area contributed by atoms with Crippen LogP contribution in [0, 0.1) is 0 Å². The molecule has 0 saturated carbocycles. The minimum Gasteiger partial charge on any atom is -0.476 e. The summed E-state index contributed by atoms with van der Waals surface area (Å²) >= 11 is 6.14. The van der Waals surface area contributed by atoms with Crippen molar-refractivity contribution < 1.29 is 36.2 Å². The number of aromatic nitrogens is 2. The summed E-state index contributed by atoms with van der Waals surface area (Å²) in [6.07, 6.45) is -8.06. The summed E-state index contributed by atoms with van der Waals surface area (Å²) in [6, 6.07) is 8.55. The van der Waals surface area contributed by atoms with Crippen LogP contribution in [0.15, 0.2) is 48.7 Å². The molecule has 3 rings (SSSR count). The molecule has 0 fully saturated rings. The van der Waals surface area contributed by atoms with E-state index in [1.165, 1.54) is 13.2 Å². The van der Waals surface area contributed by atoms with E-state index < -0.39 is 29.4 Å². The van der Waals surface area contributed by atoms with Crippen LogP contribution in [0.25, 0.3) is 11.1 Å². The number of alkyl halides is 6. The molecule has 0 aliphatic rings. The molecule has 1 heterocycles. The third-order valence-electron chi connectivity index (χ3n) is 5.25. The first-order chi connectivity index (χ1) is 18.6. The van der Waals surface area contributed by atoms with E-state index in [0.29, 0.717) is 40.7 Å². The number of aromatic carboxylic acids is 1. The fourth-order valence-corrected chi connectivity index (χ4v) is 3.61. The number of carbonyl (C=O) groups is 1. The number of hydrogen-bond acceptors (Lipinski definition) is 6. The lowest BCUT2D eigenvalue weighted by atomic mass is 10.0. The zero-order valence-electron chi connectivity index (χ0n) is 21.8. The van der Waals surface area contributed by atoms with Gasteiger partial charge in [0, 0.05) is 42.0 Å². The molecule has 1 aromatic heterocycles. The molecule has 7 nitrogen and oxygen atoms in total. The van der Waals surface area contributed by atoms with Crippen molar-refractivity contribution in [2.45, 2.75) is 25.4 Å². The normalized spacial score (nSPS) is 11.8. The Morgan fingerprint density at radius 1 is 0.975 bits per heavy atom. The topological polar surface area (TPSA) is 90.4 Å². The molecule has 0 amide bonds. The van der Waals surface area contributed by atoms with Crippen LogP contribution in [0.5, 0.6) is 0 Å². The van der Waals surface area contributed by atoms with E-state index in [1.807, 2.05) is 14.1 Å². The number of halogens is 7. The van der Waals surface area contributed by atoms with Crippen LogP contribution in [0.2, 0.25) is 5.02 Å². The molecule has 3 N–H and O–H groups in total. The van der Waals surface area contributed by atoms with Gasteiger partial charge in [0.05, 0.1) is 17.7 Å². The molecule has 218 valence electrons. The second kappa shape index (κ2) is 14.4. The number of nitrogens with zero attached hydrogens (tertiary/aromatic N) is 3. The van der Waals surface area contributed by atoms with Gasteiger partial charge in [0.25, 0.3) is 0 Å². The fourth-order valence-electron chi connectivity index (χ4n) is 3.37. The van der Waals surface area contributed by atoms with E-state index in [0.717, 1.165) is 13.1 Å². The largest absolute Gasteiger partial charge is 0.476 e. The first-order valence-electron chi connectivity index (χ1n) is 11.8. The van der Waals surface area contributed by atoms with Gasteiger partial charge in [-0.15, -0.1) is 0 Å². The van der Waals surface area contributed by atoms with Crippen LogP contribution < -0.4 is 10.6 Å². The molecule has 0 bridgehead atoms. The van der Waals surface area contributed by atoms with E-state index >= 15 is 0 Å². The van der Waals surface area contributed by atoms with Crippen LogP contribution in [0.1, 0.15) is 33.0 Å². The Morgan fingerprint density at radius 3 is 2.08 bits per heavy atom. The summed E-state index contributed by atoms with van der Waals surface area (Å²) in [6.45, 7) is 2.00. The zero-order valence-corrected chi connectivity index (χ0v) is 22.5. The third-order valence-corrected chi connectivity index (χ3v) is 5.58. The highest BCUT2D eigenvalue weighted by Crippen LogP contribution is 2.36. The maximum atomic E-state index is 12.4. The second-order valence-electron chi connectivity index (χ2n) is 8.76. The monoisotopic (exact) mass is 591 g/mol. The summed E-state index contributed by atoms with van der Waals surface area (Å²) in [5, 5.41) is 15.6. The first-order valence-corrected chi connectivity index (χ1v) is 12.1. The van der Waals surface area contributed by atoms with Gasteiger partial charge in [-0.2, -0.15) is 26.3 Å². The maximum absolute atomic E-state index is 12.4. The lowest BCUT2D eigenvalue weighted by Crippen LogP contribution is -2.27. The van der Waals surface area contributed by atoms with Crippen LogP contribution in [-0.4, -0.2) is 60.2 Å². The molecule has 0 spiro atoms. The molecule has 0 saturated heterocycles. The summed E-state index contributed by atoms with van der Waals surface area (Å²) in [5.74, 6) is -0.658. The minimum atomic E-state index is -4.79. The van der Waals surface area contributed by atoms with Gasteiger partial charge in [-0.1, -0.05) is 29.8 Å². The van der Waals surface area contributed by atoms with Crippen LogP contribution >= 0.6 is 11.6 Å². The lowest BCUT2D eigenvalue weighted by Gasteiger charge is -2.13. The predicted molar refractivity (Wildman–Crippen MR) is 139 cm³/mol. The fraction of sp³-hybridized carbons (Fsp3) is 0.346. The Morgan fingerprint density at radius 2 is 1.57 bits per heavy atom. The van der Waals surface area contributed by atoms with Crippen molar-refractivity contribution in [3.05, 3.63) is 81.9 Å². The van der Waals surface area contributed by atoms with E-state index in [2.05, 4.69) is 25.5 Å². The van der Waals surface area contributed by atoms with Gasteiger partial charge in [-0.25, -0.2) is 14.8 Å². The van der Waals surface area contributed by atoms with Gasteiger partial charge in [-0.3, -0.25) is 0 Å². The van der Waals surface area contributed by atoms with Crippen molar-refractivity contribution in [1.29, 1.82) is 0 Å². The Balaban J connectivity index is 0.000000294. The molecule has 0 aliphatic heterocycles. The molecule has 0 aliphatic carbocycles. The Labute approximate surface area is 232 Å². The average molecular weight is 592 g/mol. The summed E-state index contributed by atoms with van der Waals surface area (Å²) in [4.78, 5) is 22.0. The first kappa shape index (κ1) is 32.9. The Bertz CT molecular complexity index is 1250. The molecule has 2 aromatic carbocycles. The van der Waals surface area contributed by atoms with Crippen molar-refractivity contribution >= 4 is 17.6 Å². The van der Waals surface area contributed by atoms with Gasteiger partial charge in [0.2, 0.25) is 0 Å². The van der Waals surface area contributed by atoms with Gasteiger partial charge in [0.15, 0.2) is 5.69 Å². The number of nitrogens with one attached hydrogen (secondary N) is 2. The minimum absolute atomic E-state index is 0.0440. The van der Waals surface area contributed by atoms with Gasteiger partial charge in [0.1, 0.15) is 5.82 Å². The number of likely N-dealkylation sites (N-methyl/N-ethyl adjacent to an activating group) is 1. The lowest BCUT2D eigenvalue weighted by molar-refractivity contribution is -0.143. The standard InChI is InChI=1S/C16H19ClN4O2.C10H9F6N/c1-21(2)8-7-18-10-14-19-9-12(15(20-14)16(22)23)11-5-3-4-6-13(11)17;1-17-5-6-2-7(9(11,12)13)4-8(3-6)10(14,15)16/h3-6,9,18H,7-8,10H2,1-2H3,(H,22,23);2-4,17H,5H2,1H3. The third kappa shape index (κ3) is 10.0. The highest BCUT2D eigenvalue weighted by molar-refractivity contribution is 6.33. The van der Waals surface area contributed by atoms with Crippen LogP contribution in [-0.2, 0) is 25.4 Å². The van der Waals surface area contributed by atoms with E-state index in [4.69, 9.17) is 11.6 Å². The smallest absolute Gasteiger partial charge is 0.416 e. The molecule has 3 aromatic rings. The molecule has 0 radical (unpaired) electrons. The highest BCUT2D eigenvalue weighted by Gasteiger charge is 2.36. The number of rotatable bonds is 9. The van der Waals surface area contributed by atoms with E-state index in [1.54, 1.807) is 24.3 Å². The van der Waals surface area contributed by atoms with Gasteiger partial charge < -0.3 is 20.6 Å². The van der Waals surface area contributed by atoms with Crippen molar-refractivity contribution in [2.75, 3.05) is 34.2 Å². The average Bonchev–Trinajstić information content (AvgIpc) is 2.86. The number of carboxylic acids is 1. The molecule has 40 heavy (non-hydrogen) atoms. The van der Waals surface area contributed by atoms with Gasteiger partial charge in [-0.05, 0) is 51.0 Å². The van der Waals surface area contributed by atoms with Gasteiger partial charge >= 0.3 is 18.3 Å². The number of benzene rings is 2. The maximum Gasteiger partial charge on any atom is 0.416 e. The summed E-state index contributed by atoms with van der Waals surface area (Å²) in [5.41, 5.74) is -1.67. The van der Waals surface area contributed by atoms with Crippen molar-refractivity contribution in [3.63, 3.8) is 0 Å². The summed E-state index contributed by atoms with van der Waals surface area (Å²) in [7, 11) is 5.41. The highest BCUT2D eigenvalue weighted by atomic mass is 35.5. The second-order valence-corrected chi connectivity index (χ2v) is 9.17. The molecular formula is C26H28ClF6N5O2. The zero-order chi connectivity index (χ0) is 30.1. The summed E-state index contributed by atoms with van der Waals surface area (Å²) < 4.78 is 74.3. The molecular weight excluding hydrogens is 564 g/mol. The Hall–Kier alpha value is -3.26. The van der Waals surface area contributed by atoms with Crippen LogP contribution in [0.3, 0.4) is 0 Å². The van der Waals surface area contributed by atoms with Crippen molar-refractivity contribution in [1.82, 2.24) is 25.5 Å². The van der Waals surface area contributed by atoms with Crippen molar-refractivity contribution in [2.24, 2.45) is 0 Å². The number of hydrogen-bond donors (Lipinski definition) is 3. The Kier molecular flexibility index (Phi) is 11.9. The quantitative estimate of drug-likeness (QED) is 0.221. The van der Waals surface area contributed by atoms with E-state index in [-0.39, 0.29) is 23.9 Å². The predicted octanol–water partition coefficient (Wildman–Crippen LogP) is 5.59. The number of carboxylic acid groups (broad SMARTS) is 1. The van der Waals surface area contributed by atoms with Crippen molar-refractivity contribution in [3.8, 4) is 11.1 Å². The molecule has 0 atom stereocenters. The molecule has 0 unspecified atom stereocenters. The SMILES string of the molecule is CN(C)CCNCc1ncc(-c2ccccc2Cl)c(C(=O)O)n1.CNCc1cc(C(F)(F)F)cc(C(F)(F)F)c1. The molecule has 14 heteroatoms.